The van der Waals surface area contributed by atoms with Gasteiger partial charge in [-0.3, -0.25) is 0 Å². The number of nitrogens with zero attached hydrogens (tertiary/aromatic N) is 1. The van der Waals surface area contributed by atoms with Gasteiger partial charge < -0.3 is 15.3 Å². The average molecular weight is 200 g/mol. The maximum Gasteiger partial charge on any atom is 0.0636 e. The number of hydrogen-bond acceptors (Lipinski definition) is 3. The van der Waals surface area contributed by atoms with Crippen LogP contribution in [-0.4, -0.2) is 48.3 Å². The second kappa shape index (κ2) is 5.69. The summed E-state index contributed by atoms with van der Waals surface area (Å²) in [6.07, 6.45) is 1.07. The van der Waals surface area contributed by atoms with Gasteiger partial charge in [-0.15, -0.1) is 0 Å². The Hall–Kier alpha value is -0.120. The number of nitrogens with one attached hydrogen (secondary N) is 1. The van der Waals surface area contributed by atoms with Crippen LogP contribution in [0.4, 0.5) is 0 Å². The van der Waals surface area contributed by atoms with Crippen molar-refractivity contribution < 1.29 is 5.11 Å². The number of aliphatic hydroxyl groups excluding tert-OH is 1. The summed E-state index contributed by atoms with van der Waals surface area (Å²) in [5, 5.41) is 12.4. The quantitative estimate of drug-likeness (QED) is 0.685. The molecule has 3 nitrogen and oxygen atoms in total. The molecule has 14 heavy (non-hydrogen) atoms. The first kappa shape index (κ1) is 12.0. The molecule has 0 aromatic carbocycles. The van der Waals surface area contributed by atoms with Gasteiger partial charge in [-0.25, -0.2) is 0 Å². The van der Waals surface area contributed by atoms with Crippen molar-refractivity contribution in [3.05, 3.63) is 0 Å². The highest BCUT2D eigenvalue weighted by atomic mass is 16.3. The van der Waals surface area contributed by atoms with Gasteiger partial charge in [0.1, 0.15) is 0 Å². The molecule has 84 valence electrons. The Bertz CT molecular complexity index is 159. The summed E-state index contributed by atoms with van der Waals surface area (Å²) in [5.41, 5.74) is 0. The third kappa shape index (κ3) is 3.95. The van der Waals surface area contributed by atoms with E-state index in [4.69, 9.17) is 5.11 Å². The van der Waals surface area contributed by atoms with Crippen LogP contribution in [0.2, 0.25) is 0 Å². The Morgan fingerprint density at radius 1 is 1.43 bits per heavy atom. The van der Waals surface area contributed by atoms with Gasteiger partial charge in [0.2, 0.25) is 0 Å². The number of aliphatic hydroxyl groups is 1. The molecule has 0 saturated carbocycles. The van der Waals surface area contributed by atoms with Crippen molar-refractivity contribution in [3.8, 4) is 0 Å². The minimum Gasteiger partial charge on any atom is -0.392 e. The molecule has 2 atom stereocenters. The Labute approximate surface area is 87.5 Å². The molecule has 1 unspecified atom stereocenters. The van der Waals surface area contributed by atoms with E-state index in [0.29, 0.717) is 6.04 Å². The van der Waals surface area contributed by atoms with Gasteiger partial charge in [0, 0.05) is 19.1 Å². The molecule has 3 heteroatoms. The highest BCUT2D eigenvalue weighted by Crippen LogP contribution is 2.17. The van der Waals surface area contributed by atoms with Gasteiger partial charge in [-0.1, -0.05) is 0 Å². The number of rotatable bonds is 5. The second-order valence-electron chi connectivity index (χ2n) is 4.75. The van der Waals surface area contributed by atoms with E-state index in [1.54, 1.807) is 0 Å². The summed E-state index contributed by atoms with van der Waals surface area (Å²) in [7, 11) is 0. The lowest BCUT2D eigenvalue weighted by molar-refractivity contribution is 0.188. The Morgan fingerprint density at radius 2 is 2.14 bits per heavy atom. The first-order valence-electron chi connectivity index (χ1n) is 5.72. The van der Waals surface area contributed by atoms with Crippen LogP contribution in [0.25, 0.3) is 0 Å². The molecule has 1 heterocycles. The third-order valence-corrected chi connectivity index (χ3v) is 2.92. The lowest BCUT2D eigenvalue weighted by Crippen LogP contribution is -2.32. The van der Waals surface area contributed by atoms with Crippen molar-refractivity contribution in [1.29, 1.82) is 0 Å². The molecule has 1 fully saturated rings. The van der Waals surface area contributed by atoms with E-state index < -0.39 is 0 Å². The molecule has 0 radical (unpaired) electrons. The van der Waals surface area contributed by atoms with Crippen LogP contribution in [0.5, 0.6) is 0 Å². The summed E-state index contributed by atoms with van der Waals surface area (Å²) in [4.78, 5) is 2.52. The lowest BCUT2D eigenvalue weighted by atomic mass is 10.1. The predicted molar refractivity (Wildman–Crippen MR) is 59.4 cm³/mol. The van der Waals surface area contributed by atoms with E-state index in [1.165, 1.54) is 19.5 Å². The maximum absolute atomic E-state index is 9.09. The van der Waals surface area contributed by atoms with Crippen molar-refractivity contribution in [1.82, 2.24) is 10.2 Å². The molecular formula is C11H24N2O. The molecule has 1 aliphatic rings. The van der Waals surface area contributed by atoms with E-state index >= 15 is 0 Å². The Balaban J connectivity index is 2.10. The first-order chi connectivity index (χ1) is 6.59. The molecule has 0 aliphatic carbocycles. The fraction of sp³-hybridized carbons (Fsp3) is 1.00. The second-order valence-corrected chi connectivity index (χ2v) is 4.75. The fourth-order valence-corrected chi connectivity index (χ4v) is 1.99. The Morgan fingerprint density at radius 3 is 2.64 bits per heavy atom. The van der Waals surface area contributed by atoms with Crippen molar-refractivity contribution in [2.24, 2.45) is 5.92 Å². The van der Waals surface area contributed by atoms with E-state index in [1.807, 2.05) is 6.92 Å². The monoisotopic (exact) mass is 200 g/mol. The molecule has 0 aromatic rings. The summed E-state index contributed by atoms with van der Waals surface area (Å²) in [6, 6.07) is 0.678. The molecule has 0 spiro atoms. The van der Waals surface area contributed by atoms with Crippen molar-refractivity contribution in [3.63, 3.8) is 0 Å². The highest BCUT2D eigenvalue weighted by molar-refractivity contribution is 4.79. The summed E-state index contributed by atoms with van der Waals surface area (Å²) in [5.74, 6) is 0.774. The largest absolute Gasteiger partial charge is 0.392 e. The molecule has 1 rings (SSSR count). The average Bonchev–Trinajstić information content (AvgIpc) is 2.52. The third-order valence-electron chi connectivity index (χ3n) is 2.92. The molecule has 0 bridgehead atoms. The lowest BCUT2D eigenvalue weighted by Gasteiger charge is -2.20. The van der Waals surface area contributed by atoms with E-state index in [9.17, 15) is 0 Å². The summed E-state index contributed by atoms with van der Waals surface area (Å²) < 4.78 is 0. The molecule has 0 aromatic heterocycles. The van der Waals surface area contributed by atoms with Crippen molar-refractivity contribution in [2.45, 2.75) is 39.3 Å². The van der Waals surface area contributed by atoms with Crippen LogP contribution in [0, 0.1) is 5.92 Å². The molecular weight excluding hydrogens is 176 g/mol. The number of likely N-dealkylation sites (tertiary alicyclic amines) is 1. The van der Waals surface area contributed by atoms with Crippen molar-refractivity contribution >= 4 is 0 Å². The van der Waals surface area contributed by atoms with Crippen LogP contribution >= 0.6 is 0 Å². The van der Waals surface area contributed by atoms with Crippen molar-refractivity contribution in [2.75, 3.05) is 26.2 Å². The Kier molecular flexibility index (Phi) is 4.85. The highest BCUT2D eigenvalue weighted by Gasteiger charge is 2.23. The maximum atomic E-state index is 9.09. The minimum absolute atomic E-state index is 0.224. The summed E-state index contributed by atoms with van der Waals surface area (Å²) >= 11 is 0. The molecule has 0 amide bonds. The SMILES string of the molecule is CC(C)N1CCC(CNC[C@H](C)O)C1. The smallest absolute Gasteiger partial charge is 0.0636 e. The fourth-order valence-electron chi connectivity index (χ4n) is 1.99. The zero-order valence-corrected chi connectivity index (χ0v) is 9.66. The van der Waals surface area contributed by atoms with E-state index in [-0.39, 0.29) is 6.10 Å². The predicted octanol–water partition coefficient (Wildman–Crippen LogP) is 0.687. The minimum atomic E-state index is -0.224. The van der Waals surface area contributed by atoms with Gasteiger partial charge in [-0.05, 0) is 46.2 Å². The van der Waals surface area contributed by atoms with Gasteiger partial charge >= 0.3 is 0 Å². The van der Waals surface area contributed by atoms with Crippen LogP contribution < -0.4 is 5.32 Å². The summed E-state index contributed by atoms with van der Waals surface area (Å²) in [6.45, 7) is 10.6. The molecule has 2 N–H and O–H groups in total. The number of hydrogen-bond donors (Lipinski definition) is 2. The first-order valence-corrected chi connectivity index (χ1v) is 5.72. The normalized spacial score (nSPS) is 25.9. The van der Waals surface area contributed by atoms with E-state index in [2.05, 4.69) is 24.1 Å². The van der Waals surface area contributed by atoms with E-state index in [0.717, 1.165) is 19.0 Å². The molecule has 1 saturated heterocycles. The van der Waals surface area contributed by atoms with Crippen LogP contribution in [0.15, 0.2) is 0 Å². The molecule has 1 aliphatic heterocycles. The van der Waals surface area contributed by atoms with Gasteiger partial charge in [-0.2, -0.15) is 0 Å². The zero-order valence-electron chi connectivity index (χ0n) is 9.66. The standard InChI is InChI=1S/C11H24N2O/c1-9(2)13-5-4-11(8-13)7-12-6-10(3)14/h9-12,14H,4-8H2,1-3H3/t10-,11?/m0/s1. The van der Waals surface area contributed by atoms with Gasteiger partial charge in [0.15, 0.2) is 0 Å². The topological polar surface area (TPSA) is 35.5 Å². The van der Waals surface area contributed by atoms with Gasteiger partial charge in [0.25, 0.3) is 0 Å². The van der Waals surface area contributed by atoms with Crippen LogP contribution in [-0.2, 0) is 0 Å². The van der Waals surface area contributed by atoms with Crippen LogP contribution in [0.1, 0.15) is 27.2 Å². The zero-order chi connectivity index (χ0) is 10.6. The van der Waals surface area contributed by atoms with Crippen LogP contribution in [0.3, 0.4) is 0 Å². The van der Waals surface area contributed by atoms with Gasteiger partial charge in [0.05, 0.1) is 6.10 Å².